The predicted molar refractivity (Wildman–Crippen MR) is 37.3 cm³/mol. The minimum absolute atomic E-state index is 0. The molecule has 0 N–H and O–H groups in total. The van der Waals surface area contributed by atoms with Crippen molar-refractivity contribution in [2.45, 2.75) is 7.43 Å². The van der Waals surface area contributed by atoms with Gasteiger partial charge in [-0.3, -0.25) is 4.99 Å². The molecule has 0 bridgehead atoms. The van der Waals surface area contributed by atoms with Crippen LogP contribution in [0.25, 0.3) is 0 Å². The molecule has 0 fully saturated rings. The summed E-state index contributed by atoms with van der Waals surface area (Å²) in [6.07, 6.45) is 1.49. The molecule has 0 amide bonds. The van der Waals surface area contributed by atoms with Crippen LogP contribution in [0.3, 0.4) is 0 Å². The summed E-state index contributed by atoms with van der Waals surface area (Å²) in [5.74, 6) is 0. The van der Waals surface area contributed by atoms with Gasteiger partial charge in [-0.25, -0.2) is 0 Å². The maximum absolute atomic E-state index is 4.65. The van der Waals surface area contributed by atoms with E-state index in [1.54, 1.807) is 0 Å². The Balaban J connectivity index is 0. The van der Waals surface area contributed by atoms with Crippen molar-refractivity contribution in [3.8, 4) is 0 Å². The van der Waals surface area contributed by atoms with Gasteiger partial charge in [0.2, 0.25) is 0 Å². The van der Waals surface area contributed by atoms with E-state index in [1.807, 2.05) is 0 Å². The third-order valence-electron chi connectivity index (χ3n) is 0.487. The summed E-state index contributed by atoms with van der Waals surface area (Å²) in [5.41, 5.74) is 0. The van der Waals surface area contributed by atoms with Crippen molar-refractivity contribution in [1.82, 2.24) is 0 Å². The van der Waals surface area contributed by atoms with Gasteiger partial charge < -0.3 is 4.74 Å². The highest BCUT2D eigenvalue weighted by molar-refractivity contribution is 5.47. The van der Waals surface area contributed by atoms with Gasteiger partial charge in [-0.2, -0.15) is 0 Å². The van der Waals surface area contributed by atoms with E-state index in [1.165, 1.54) is 6.40 Å². The molecule has 0 radical (unpaired) electrons. The molecule has 0 aliphatic carbocycles. The van der Waals surface area contributed by atoms with E-state index < -0.39 is 0 Å². The molecule has 8 heavy (non-hydrogen) atoms. The first-order valence-corrected chi connectivity index (χ1v) is 2.10. The number of hydrogen-bond donors (Lipinski definition) is 0. The van der Waals surface area contributed by atoms with Crippen molar-refractivity contribution in [1.29, 1.82) is 0 Å². The van der Waals surface area contributed by atoms with E-state index in [-0.39, 0.29) is 7.43 Å². The molecule has 0 aromatic heterocycles. The third-order valence-corrected chi connectivity index (χ3v) is 0.487. The van der Waals surface area contributed by atoms with E-state index in [0.29, 0.717) is 0 Å². The largest absolute Gasteiger partial charge is 0.482 e. The number of hydrogen-bond acceptors (Lipinski definition) is 2. The summed E-state index contributed by atoms with van der Waals surface area (Å²) in [4.78, 5) is 3.74. The van der Waals surface area contributed by atoms with Crippen molar-refractivity contribution in [3.05, 3.63) is 13.2 Å². The first-order valence-electron chi connectivity index (χ1n) is 2.10. The summed E-state index contributed by atoms with van der Waals surface area (Å²) in [7, 11) is 0. The normalized spacial score (nSPS) is 12.5. The molecule has 0 unspecified atom stereocenters. The zero-order chi connectivity index (χ0) is 5.54. The average Bonchev–Trinajstić information content (AvgIpc) is 2.23. The smallest absolute Gasteiger partial charge is 0.169 e. The summed E-state index contributed by atoms with van der Waals surface area (Å²) < 4.78 is 4.65. The second kappa shape index (κ2) is 9.51. The van der Waals surface area contributed by atoms with E-state index in [2.05, 4.69) is 22.9 Å². The van der Waals surface area contributed by atoms with Crippen molar-refractivity contribution in [3.63, 3.8) is 0 Å². The van der Waals surface area contributed by atoms with Crippen LogP contribution in [0.15, 0.2) is 18.2 Å². The molecule has 0 saturated heterocycles. The topological polar surface area (TPSA) is 21.6 Å². The maximum atomic E-state index is 4.65. The summed E-state index contributed by atoms with van der Waals surface area (Å²) in [6.45, 7) is 7.62. The Kier molecular flexibility index (Phi) is 12.2. The van der Waals surface area contributed by atoms with Crippen LogP contribution in [-0.4, -0.2) is 19.6 Å². The standard InChI is InChI=1S/C3H5NO.C2H4.CH4/c1-2-5-3-4-1;1-2;/h3H,1-2H2;1-2H2;1H4. The maximum Gasteiger partial charge on any atom is 0.169 e. The summed E-state index contributed by atoms with van der Waals surface area (Å²) in [5, 5.41) is 0. The van der Waals surface area contributed by atoms with Gasteiger partial charge in [-0.1, -0.05) is 7.43 Å². The zero-order valence-electron chi connectivity index (χ0n) is 4.26. The number of rotatable bonds is 0. The second-order valence-electron chi connectivity index (χ2n) is 0.882. The van der Waals surface area contributed by atoms with Crippen molar-refractivity contribution < 1.29 is 4.74 Å². The second-order valence-corrected chi connectivity index (χ2v) is 0.882. The van der Waals surface area contributed by atoms with Gasteiger partial charge in [-0.05, 0) is 0 Å². The van der Waals surface area contributed by atoms with Crippen molar-refractivity contribution in [2.24, 2.45) is 4.99 Å². The quantitative estimate of drug-likeness (QED) is 0.438. The molecule has 1 aliphatic heterocycles. The molecular weight excluding hydrogens is 102 g/mol. The van der Waals surface area contributed by atoms with Crippen LogP contribution in [0, 0.1) is 0 Å². The summed E-state index contributed by atoms with van der Waals surface area (Å²) >= 11 is 0. The molecule has 1 rings (SSSR count). The van der Waals surface area contributed by atoms with Gasteiger partial charge >= 0.3 is 0 Å². The fraction of sp³-hybridized carbons (Fsp3) is 0.500. The fourth-order valence-electron chi connectivity index (χ4n) is 0.264. The number of nitrogens with zero attached hydrogens (tertiary/aromatic N) is 1. The molecule has 0 aromatic carbocycles. The first-order chi connectivity index (χ1) is 3.50. The van der Waals surface area contributed by atoms with Crippen LogP contribution in [0.1, 0.15) is 7.43 Å². The molecule has 0 atom stereocenters. The van der Waals surface area contributed by atoms with Crippen LogP contribution in [0.5, 0.6) is 0 Å². The van der Waals surface area contributed by atoms with Crippen LogP contribution in [0.2, 0.25) is 0 Å². The summed E-state index contributed by atoms with van der Waals surface area (Å²) in [6, 6.07) is 0. The van der Waals surface area contributed by atoms with Gasteiger partial charge in [0.1, 0.15) is 6.61 Å². The van der Waals surface area contributed by atoms with Gasteiger partial charge in [0.15, 0.2) is 6.40 Å². The van der Waals surface area contributed by atoms with Gasteiger partial charge in [0.25, 0.3) is 0 Å². The molecule has 2 nitrogen and oxygen atoms in total. The van der Waals surface area contributed by atoms with Crippen LogP contribution in [0.4, 0.5) is 0 Å². The molecule has 1 aliphatic rings. The van der Waals surface area contributed by atoms with Gasteiger partial charge in [0.05, 0.1) is 6.54 Å². The molecule has 2 heteroatoms. The SMILES string of the molecule is C.C1=NCCO1.C=C. The van der Waals surface area contributed by atoms with E-state index >= 15 is 0 Å². The molecule has 0 saturated carbocycles. The molecular formula is C6H13NO. The van der Waals surface area contributed by atoms with E-state index in [9.17, 15) is 0 Å². The Bertz CT molecular complexity index is 55.5. The molecule has 1 heterocycles. The molecule has 0 aromatic rings. The lowest BCUT2D eigenvalue weighted by molar-refractivity contribution is 0.361. The monoisotopic (exact) mass is 115 g/mol. The Morgan fingerprint density at radius 1 is 1.50 bits per heavy atom. The Morgan fingerprint density at radius 3 is 2.25 bits per heavy atom. The average molecular weight is 115 g/mol. The predicted octanol–water partition coefficient (Wildman–Crippen LogP) is 1.48. The van der Waals surface area contributed by atoms with Gasteiger partial charge in [0, 0.05) is 0 Å². The minimum atomic E-state index is 0. The lowest BCUT2D eigenvalue weighted by Crippen LogP contribution is -1.80. The van der Waals surface area contributed by atoms with Crippen molar-refractivity contribution >= 4 is 6.40 Å². The lowest BCUT2D eigenvalue weighted by Gasteiger charge is -1.76. The molecule has 48 valence electrons. The van der Waals surface area contributed by atoms with Crippen LogP contribution >= 0.6 is 0 Å². The third kappa shape index (κ3) is 5.21. The minimum Gasteiger partial charge on any atom is -0.482 e. The Labute approximate surface area is 50.9 Å². The van der Waals surface area contributed by atoms with E-state index in [0.717, 1.165) is 13.2 Å². The van der Waals surface area contributed by atoms with Crippen molar-refractivity contribution in [2.75, 3.05) is 13.2 Å². The lowest BCUT2D eigenvalue weighted by atomic mass is 10.8. The van der Waals surface area contributed by atoms with Crippen LogP contribution < -0.4 is 0 Å². The number of aliphatic imine (C=N–C) groups is 1. The highest BCUT2D eigenvalue weighted by atomic mass is 16.5. The number of ether oxygens (including phenoxy) is 1. The highest BCUT2D eigenvalue weighted by Gasteiger charge is 1.84. The van der Waals surface area contributed by atoms with Crippen LogP contribution in [-0.2, 0) is 4.74 Å². The van der Waals surface area contributed by atoms with Gasteiger partial charge in [-0.15, -0.1) is 13.2 Å². The first kappa shape index (κ1) is 10.2. The van der Waals surface area contributed by atoms with E-state index in [4.69, 9.17) is 0 Å². The highest BCUT2D eigenvalue weighted by Crippen LogP contribution is 1.78. The Hall–Kier alpha value is -0.790. The fourth-order valence-corrected chi connectivity index (χ4v) is 0.264. The zero-order valence-corrected chi connectivity index (χ0v) is 4.26. The molecule has 0 spiro atoms. The Morgan fingerprint density at radius 2 is 2.12 bits per heavy atom.